The number of benzene rings is 9. The Morgan fingerprint density at radius 3 is 1.42 bits per heavy atom. The molecule has 0 aliphatic heterocycles. The molecule has 9 aromatic carbocycles. The lowest BCUT2D eigenvalue weighted by molar-refractivity contribution is 0.669. The van der Waals surface area contributed by atoms with Crippen LogP contribution in [0.1, 0.15) is 0 Å². The van der Waals surface area contributed by atoms with E-state index in [1.54, 1.807) is 0 Å². The molecule has 5 heteroatoms. The van der Waals surface area contributed by atoms with Crippen molar-refractivity contribution in [3.8, 4) is 73.2 Å². The number of aromatic nitrogens is 4. The van der Waals surface area contributed by atoms with Crippen LogP contribution < -0.4 is 0 Å². The van der Waals surface area contributed by atoms with E-state index in [4.69, 9.17) is 19.4 Å². The van der Waals surface area contributed by atoms with Gasteiger partial charge < -0.3 is 8.98 Å². The van der Waals surface area contributed by atoms with Gasteiger partial charge in [-0.1, -0.05) is 176 Å². The molecule has 290 valence electrons. The van der Waals surface area contributed by atoms with Crippen molar-refractivity contribution in [2.45, 2.75) is 0 Å². The van der Waals surface area contributed by atoms with Gasteiger partial charge in [-0.3, -0.25) is 0 Å². The Bertz CT molecular complexity index is 3590. The molecule has 62 heavy (non-hydrogen) atoms. The summed E-state index contributed by atoms with van der Waals surface area (Å²) in [6.45, 7) is 0. The van der Waals surface area contributed by atoms with E-state index in [-0.39, 0.29) is 0 Å². The minimum atomic E-state index is 0.573. The Balaban J connectivity index is 1.06. The Kier molecular flexibility index (Phi) is 8.42. The normalized spacial score (nSPS) is 11.5. The minimum absolute atomic E-state index is 0.573. The van der Waals surface area contributed by atoms with Gasteiger partial charge in [-0.25, -0.2) is 15.0 Å². The molecule has 0 fully saturated rings. The van der Waals surface area contributed by atoms with Crippen LogP contribution in [0, 0.1) is 0 Å². The van der Waals surface area contributed by atoms with Crippen molar-refractivity contribution in [1.82, 2.24) is 19.5 Å². The summed E-state index contributed by atoms with van der Waals surface area (Å²) in [5, 5.41) is 4.41. The van der Waals surface area contributed by atoms with Crippen molar-refractivity contribution < 1.29 is 4.42 Å². The third-order valence-corrected chi connectivity index (χ3v) is 11.9. The lowest BCUT2D eigenvalue weighted by Gasteiger charge is -2.15. The van der Waals surface area contributed by atoms with Crippen molar-refractivity contribution in [2.75, 3.05) is 0 Å². The molecule has 0 spiro atoms. The van der Waals surface area contributed by atoms with Gasteiger partial charge in [-0.2, -0.15) is 0 Å². The predicted molar refractivity (Wildman–Crippen MR) is 254 cm³/mol. The van der Waals surface area contributed by atoms with Gasteiger partial charge in [0.15, 0.2) is 17.5 Å². The van der Waals surface area contributed by atoms with E-state index < -0.39 is 0 Å². The topological polar surface area (TPSA) is 56.7 Å². The number of hydrogen-bond donors (Lipinski definition) is 0. The maximum absolute atomic E-state index is 6.71. The fourth-order valence-corrected chi connectivity index (χ4v) is 9.04. The second-order valence-electron chi connectivity index (χ2n) is 15.5. The monoisotopic (exact) mass is 792 g/mol. The molecule has 0 bridgehead atoms. The quantitative estimate of drug-likeness (QED) is 0.161. The molecule has 0 atom stereocenters. The van der Waals surface area contributed by atoms with Gasteiger partial charge in [0.05, 0.1) is 16.7 Å². The first-order chi connectivity index (χ1) is 30.7. The molecule has 0 aliphatic carbocycles. The van der Waals surface area contributed by atoms with Crippen molar-refractivity contribution in [1.29, 1.82) is 0 Å². The smallest absolute Gasteiger partial charge is 0.164 e. The highest BCUT2D eigenvalue weighted by atomic mass is 16.3. The molecule has 0 saturated carbocycles. The first kappa shape index (κ1) is 35.5. The zero-order valence-electron chi connectivity index (χ0n) is 33.5. The van der Waals surface area contributed by atoms with E-state index >= 15 is 0 Å². The van der Waals surface area contributed by atoms with Gasteiger partial charge in [0.1, 0.15) is 11.2 Å². The second-order valence-corrected chi connectivity index (χ2v) is 15.5. The van der Waals surface area contributed by atoms with Crippen LogP contribution in [0.15, 0.2) is 223 Å². The number of para-hydroxylation sites is 3. The van der Waals surface area contributed by atoms with Crippen molar-refractivity contribution >= 4 is 43.7 Å². The van der Waals surface area contributed by atoms with Gasteiger partial charge >= 0.3 is 0 Å². The summed E-state index contributed by atoms with van der Waals surface area (Å²) in [7, 11) is 0. The fraction of sp³-hybridized carbons (Fsp3) is 0. The molecule has 0 amide bonds. The van der Waals surface area contributed by atoms with E-state index in [1.807, 2.05) is 48.5 Å². The van der Waals surface area contributed by atoms with Crippen molar-refractivity contribution in [3.05, 3.63) is 218 Å². The zero-order chi connectivity index (χ0) is 41.0. The molecular formula is C57H36N4O. The molecule has 0 N–H and O–H groups in total. The van der Waals surface area contributed by atoms with Crippen LogP contribution in [0.25, 0.3) is 117 Å². The largest absolute Gasteiger partial charge is 0.456 e. The molecule has 5 nitrogen and oxygen atoms in total. The van der Waals surface area contributed by atoms with E-state index in [1.165, 1.54) is 21.9 Å². The number of rotatable bonds is 7. The molecular weight excluding hydrogens is 757 g/mol. The van der Waals surface area contributed by atoms with Crippen LogP contribution in [-0.2, 0) is 0 Å². The van der Waals surface area contributed by atoms with Gasteiger partial charge in [0.25, 0.3) is 0 Å². The Labute approximate surface area is 357 Å². The first-order valence-corrected chi connectivity index (χ1v) is 20.9. The predicted octanol–water partition coefficient (Wildman–Crippen LogP) is 14.9. The van der Waals surface area contributed by atoms with Crippen LogP contribution in [0.3, 0.4) is 0 Å². The summed E-state index contributed by atoms with van der Waals surface area (Å²) >= 11 is 0. The summed E-state index contributed by atoms with van der Waals surface area (Å²) in [6, 6.07) is 76.2. The summed E-state index contributed by atoms with van der Waals surface area (Å²) in [6.07, 6.45) is 0. The van der Waals surface area contributed by atoms with E-state index in [9.17, 15) is 0 Å². The lowest BCUT2D eigenvalue weighted by Crippen LogP contribution is -2.00. The average molecular weight is 793 g/mol. The molecule has 12 aromatic rings. The van der Waals surface area contributed by atoms with Crippen LogP contribution in [-0.4, -0.2) is 19.5 Å². The zero-order valence-corrected chi connectivity index (χ0v) is 33.5. The third kappa shape index (κ3) is 5.98. The first-order valence-electron chi connectivity index (χ1n) is 20.9. The number of fused-ring (bicyclic) bond motifs is 6. The fourth-order valence-electron chi connectivity index (χ4n) is 9.04. The maximum Gasteiger partial charge on any atom is 0.164 e. The standard InChI is InChI=1S/C57H36N4O/c1-3-17-37(18-4-1)39-21-13-22-40(35-39)41-23-14-24-42(36-41)56-58-55(38-19-5-2-6-20-38)59-57(60-56)47-29-16-34-52-54(47)53-46(28-15-33-51(53)62-52)45-27-9-12-32-50(45)61-48-30-10-7-25-43(48)44-26-8-11-31-49(44)61/h1-36H. The average Bonchev–Trinajstić information content (AvgIpc) is 3.91. The molecule has 12 rings (SSSR count). The van der Waals surface area contributed by atoms with Gasteiger partial charge in [0, 0.05) is 43.8 Å². The van der Waals surface area contributed by atoms with Crippen molar-refractivity contribution in [2.24, 2.45) is 0 Å². The summed E-state index contributed by atoms with van der Waals surface area (Å²) in [5.74, 6) is 1.77. The number of furan rings is 1. The second kappa shape index (κ2) is 14.7. The molecule has 0 radical (unpaired) electrons. The summed E-state index contributed by atoms with van der Waals surface area (Å²) in [4.78, 5) is 15.7. The molecule has 0 saturated heterocycles. The van der Waals surface area contributed by atoms with Crippen molar-refractivity contribution in [3.63, 3.8) is 0 Å². The van der Waals surface area contributed by atoms with Gasteiger partial charge in [0.2, 0.25) is 0 Å². The SMILES string of the molecule is c1ccc(-c2cccc(-c3cccc(-c4nc(-c5ccccc5)nc(-c5cccc6oc7cccc(-c8ccccc8-n8c9ccccc9c9ccccc98)c7c56)n4)c3)c2)cc1. The van der Waals surface area contributed by atoms with Crippen LogP contribution in [0.4, 0.5) is 0 Å². The van der Waals surface area contributed by atoms with E-state index in [0.29, 0.717) is 17.5 Å². The third-order valence-electron chi connectivity index (χ3n) is 11.9. The van der Waals surface area contributed by atoms with E-state index in [2.05, 4.69) is 174 Å². The number of nitrogens with zero attached hydrogens (tertiary/aromatic N) is 4. The van der Waals surface area contributed by atoms with Crippen LogP contribution in [0.5, 0.6) is 0 Å². The highest BCUT2D eigenvalue weighted by molar-refractivity contribution is 6.18. The molecule has 3 heterocycles. The highest BCUT2D eigenvalue weighted by Gasteiger charge is 2.22. The summed E-state index contributed by atoms with van der Waals surface area (Å²) < 4.78 is 9.09. The minimum Gasteiger partial charge on any atom is -0.456 e. The van der Waals surface area contributed by atoms with Gasteiger partial charge in [-0.15, -0.1) is 0 Å². The Morgan fingerprint density at radius 1 is 0.306 bits per heavy atom. The highest BCUT2D eigenvalue weighted by Crippen LogP contribution is 2.44. The number of hydrogen-bond acceptors (Lipinski definition) is 4. The molecule has 3 aromatic heterocycles. The molecule has 0 unspecified atom stereocenters. The van der Waals surface area contributed by atoms with Crippen LogP contribution >= 0.6 is 0 Å². The molecule has 0 aliphatic rings. The Morgan fingerprint density at radius 2 is 0.742 bits per heavy atom. The summed E-state index contributed by atoms with van der Waals surface area (Å²) in [5.41, 5.74) is 14.4. The van der Waals surface area contributed by atoms with Crippen LogP contribution in [0.2, 0.25) is 0 Å². The lowest BCUT2D eigenvalue weighted by atomic mass is 9.95. The van der Waals surface area contributed by atoms with Gasteiger partial charge in [-0.05, 0) is 70.3 Å². The maximum atomic E-state index is 6.71. The van der Waals surface area contributed by atoms with E-state index in [0.717, 1.165) is 77.6 Å². The Hall–Kier alpha value is -8.41.